The van der Waals surface area contributed by atoms with Crippen LogP contribution in [0.25, 0.3) is 0 Å². The monoisotopic (exact) mass is 511 g/mol. The Balaban J connectivity index is 1.34. The molecular weight excluding hydrogens is 486 g/mol. The topological polar surface area (TPSA) is 96.3 Å². The summed E-state index contributed by atoms with van der Waals surface area (Å²) >= 11 is 7.87. The van der Waals surface area contributed by atoms with Gasteiger partial charge in [0.1, 0.15) is 11.2 Å². The van der Waals surface area contributed by atoms with Gasteiger partial charge in [0.25, 0.3) is 11.8 Å². The van der Waals surface area contributed by atoms with E-state index in [0.717, 1.165) is 18.4 Å². The molecule has 35 heavy (non-hydrogen) atoms. The lowest BCUT2D eigenvalue weighted by Gasteiger charge is -2.44. The molecule has 0 radical (unpaired) electrons. The van der Waals surface area contributed by atoms with E-state index in [1.165, 1.54) is 11.2 Å². The number of amides is 3. The minimum atomic E-state index is -1.11. The van der Waals surface area contributed by atoms with Gasteiger partial charge in [-0.15, -0.1) is 11.3 Å². The molecule has 3 aromatic rings. The second-order valence-electron chi connectivity index (χ2n) is 9.11. The van der Waals surface area contributed by atoms with Gasteiger partial charge in [-0.1, -0.05) is 35.9 Å². The molecule has 2 N–H and O–H groups in total. The Bertz CT molecular complexity index is 1270. The van der Waals surface area contributed by atoms with E-state index in [4.69, 9.17) is 11.6 Å². The summed E-state index contributed by atoms with van der Waals surface area (Å²) in [5.41, 5.74) is 0.0310. The van der Waals surface area contributed by atoms with Crippen LogP contribution in [0.15, 0.2) is 48.1 Å². The largest absolute Gasteiger partial charge is 0.350 e. The Kier molecular flexibility index (Phi) is 6.37. The highest BCUT2D eigenvalue weighted by Gasteiger charge is 2.53. The quantitative estimate of drug-likeness (QED) is 0.485. The standard InChI is InChI=1S/C25H26ClN5O3S/c1-25(24(34)28-13-16-5-2-3-7-19(16)26)14-30-15-29-20(21(30)23(33)31(25)17-8-9-17)22(32)27-11-10-18-6-4-12-35-18/h2-7,12,15,17H,8-11,13-14H2,1H3,(H,27,32)(H,28,34)/t25-/m1/s1. The average Bonchev–Trinajstić information content (AvgIpc) is 3.35. The number of imidazole rings is 1. The molecule has 1 fully saturated rings. The zero-order chi connectivity index (χ0) is 24.6. The second-order valence-corrected chi connectivity index (χ2v) is 10.5. The maximum atomic E-state index is 13.7. The molecule has 0 spiro atoms. The van der Waals surface area contributed by atoms with E-state index in [-0.39, 0.29) is 48.2 Å². The Morgan fingerprint density at radius 2 is 2.00 bits per heavy atom. The molecule has 1 aromatic carbocycles. The Morgan fingerprint density at radius 1 is 1.20 bits per heavy atom. The number of carbonyl (C=O) groups excluding carboxylic acids is 3. The van der Waals surface area contributed by atoms with Crippen LogP contribution in [0.3, 0.4) is 0 Å². The number of fused-ring (bicyclic) bond motifs is 1. The third-order valence-electron chi connectivity index (χ3n) is 6.52. The van der Waals surface area contributed by atoms with Gasteiger partial charge in [0, 0.05) is 29.0 Å². The van der Waals surface area contributed by atoms with Crippen molar-refractivity contribution in [3.05, 3.63) is 75.0 Å². The SMILES string of the molecule is C[C@]1(C(=O)NCc2ccccc2Cl)Cn2cnc(C(=O)NCCc3cccs3)c2C(=O)N1C1CC1. The summed E-state index contributed by atoms with van der Waals surface area (Å²) in [4.78, 5) is 47.1. The highest BCUT2D eigenvalue weighted by atomic mass is 35.5. The first-order valence-corrected chi connectivity index (χ1v) is 12.9. The molecule has 2 aromatic heterocycles. The molecule has 0 saturated heterocycles. The lowest BCUT2D eigenvalue weighted by molar-refractivity contribution is -0.133. The van der Waals surface area contributed by atoms with Gasteiger partial charge in [-0.2, -0.15) is 0 Å². The van der Waals surface area contributed by atoms with Crippen LogP contribution in [0.5, 0.6) is 0 Å². The predicted octanol–water partition coefficient (Wildman–Crippen LogP) is 3.26. The minimum absolute atomic E-state index is 0.0306. The van der Waals surface area contributed by atoms with Gasteiger partial charge in [0.2, 0.25) is 5.91 Å². The normalized spacial score (nSPS) is 19.4. The molecule has 10 heteroatoms. The van der Waals surface area contributed by atoms with Gasteiger partial charge >= 0.3 is 0 Å². The summed E-state index contributed by atoms with van der Waals surface area (Å²) in [6, 6.07) is 11.3. The first kappa shape index (κ1) is 23.6. The molecule has 0 unspecified atom stereocenters. The molecule has 5 rings (SSSR count). The third-order valence-corrected chi connectivity index (χ3v) is 7.82. The molecule has 3 amide bonds. The maximum absolute atomic E-state index is 13.7. The molecule has 1 aliphatic carbocycles. The van der Waals surface area contributed by atoms with Gasteiger partial charge in [-0.25, -0.2) is 4.98 Å². The summed E-state index contributed by atoms with van der Waals surface area (Å²) in [7, 11) is 0. The second kappa shape index (κ2) is 9.47. The maximum Gasteiger partial charge on any atom is 0.274 e. The molecule has 182 valence electrons. The van der Waals surface area contributed by atoms with Crippen molar-refractivity contribution in [1.82, 2.24) is 25.1 Å². The van der Waals surface area contributed by atoms with Crippen LogP contribution in [0, 0.1) is 0 Å². The molecule has 3 heterocycles. The Morgan fingerprint density at radius 3 is 2.71 bits per heavy atom. The zero-order valence-electron chi connectivity index (χ0n) is 19.3. The van der Waals surface area contributed by atoms with Crippen LogP contribution in [-0.4, -0.2) is 50.3 Å². The van der Waals surface area contributed by atoms with Gasteiger partial charge in [-0.05, 0) is 49.3 Å². The van der Waals surface area contributed by atoms with Crippen LogP contribution in [0.4, 0.5) is 0 Å². The molecule has 1 saturated carbocycles. The van der Waals surface area contributed by atoms with Crippen molar-refractivity contribution in [2.24, 2.45) is 0 Å². The first-order valence-electron chi connectivity index (χ1n) is 11.6. The van der Waals surface area contributed by atoms with Crippen LogP contribution < -0.4 is 10.6 Å². The fourth-order valence-corrected chi connectivity index (χ4v) is 5.48. The number of carbonyl (C=O) groups is 3. The average molecular weight is 512 g/mol. The number of nitrogens with one attached hydrogen (secondary N) is 2. The predicted molar refractivity (Wildman–Crippen MR) is 133 cm³/mol. The van der Waals surface area contributed by atoms with E-state index in [0.29, 0.717) is 18.0 Å². The van der Waals surface area contributed by atoms with Crippen molar-refractivity contribution in [2.75, 3.05) is 6.54 Å². The number of aromatic nitrogens is 2. The molecule has 1 atom stereocenters. The van der Waals surface area contributed by atoms with Gasteiger partial charge < -0.3 is 20.1 Å². The summed E-state index contributed by atoms with van der Waals surface area (Å²) in [5.74, 6) is -0.986. The number of nitrogens with zero attached hydrogens (tertiary/aromatic N) is 3. The zero-order valence-corrected chi connectivity index (χ0v) is 20.9. The van der Waals surface area contributed by atoms with Crippen LogP contribution in [0.1, 0.15) is 51.2 Å². The van der Waals surface area contributed by atoms with Gasteiger partial charge in [0.05, 0.1) is 12.9 Å². The number of rotatable bonds is 8. The van der Waals surface area contributed by atoms with Crippen molar-refractivity contribution >= 4 is 40.7 Å². The number of thiophene rings is 1. The summed E-state index contributed by atoms with van der Waals surface area (Å²) in [6.45, 7) is 2.70. The molecule has 0 bridgehead atoms. The Labute approximate surface area is 212 Å². The van der Waals surface area contributed by atoms with Crippen LogP contribution in [0.2, 0.25) is 5.02 Å². The number of halogens is 1. The van der Waals surface area contributed by atoms with E-state index >= 15 is 0 Å². The van der Waals surface area contributed by atoms with E-state index in [2.05, 4.69) is 15.6 Å². The Hall–Kier alpha value is -3.17. The number of hydrogen-bond acceptors (Lipinski definition) is 5. The van der Waals surface area contributed by atoms with Crippen molar-refractivity contribution in [3.63, 3.8) is 0 Å². The fourth-order valence-electron chi connectivity index (χ4n) is 4.57. The highest BCUT2D eigenvalue weighted by molar-refractivity contribution is 7.09. The van der Waals surface area contributed by atoms with E-state index < -0.39 is 5.54 Å². The fraction of sp³-hybridized carbons (Fsp3) is 0.360. The summed E-state index contributed by atoms with van der Waals surface area (Å²) in [5, 5.41) is 8.39. The lowest BCUT2D eigenvalue weighted by atomic mass is 9.93. The third kappa shape index (κ3) is 4.58. The first-order chi connectivity index (χ1) is 16.9. The van der Waals surface area contributed by atoms with Crippen LogP contribution in [-0.2, 0) is 24.3 Å². The van der Waals surface area contributed by atoms with Crippen molar-refractivity contribution in [1.29, 1.82) is 0 Å². The summed E-state index contributed by atoms with van der Waals surface area (Å²) < 4.78 is 1.63. The molecule has 2 aliphatic rings. The van der Waals surface area contributed by atoms with Gasteiger partial charge in [0.15, 0.2) is 5.69 Å². The number of benzene rings is 1. The molecule has 8 nitrogen and oxygen atoms in total. The lowest BCUT2D eigenvalue weighted by Crippen LogP contribution is -2.64. The smallest absolute Gasteiger partial charge is 0.274 e. The number of hydrogen-bond donors (Lipinski definition) is 2. The van der Waals surface area contributed by atoms with E-state index in [9.17, 15) is 14.4 Å². The van der Waals surface area contributed by atoms with Crippen molar-refractivity contribution < 1.29 is 14.4 Å². The van der Waals surface area contributed by atoms with Gasteiger partial charge in [-0.3, -0.25) is 14.4 Å². The molecule has 1 aliphatic heterocycles. The van der Waals surface area contributed by atoms with E-state index in [1.54, 1.807) is 33.8 Å². The van der Waals surface area contributed by atoms with Crippen LogP contribution >= 0.6 is 22.9 Å². The highest BCUT2D eigenvalue weighted by Crippen LogP contribution is 2.39. The molecular formula is C25H26ClN5O3S. The van der Waals surface area contributed by atoms with Crippen molar-refractivity contribution in [3.8, 4) is 0 Å². The van der Waals surface area contributed by atoms with E-state index in [1.807, 2.05) is 35.7 Å². The van der Waals surface area contributed by atoms with Crippen molar-refractivity contribution in [2.45, 2.75) is 50.9 Å². The summed E-state index contributed by atoms with van der Waals surface area (Å²) in [6.07, 6.45) is 3.85. The minimum Gasteiger partial charge on any atom is -0.350 e.